The first kappa shape index (κ1) is 20.6. The fraction of sp³-hybridized carbons (Fsp3) is 0.130. The van der Waals surface area contributed by atoms with E-state index in [1.165, 1.54) is 6.08 Å². The Labute approximate surface area is 178 Å². The predicted molar refractivity (Wildman–Crippen MR) is 117 cm³/mol. The highest BCUT2D eigenvalue weighted by Gasteiger charge is 2.11. The van der Waals surface area contributed by atoms with E-state index < -0.39 is 0 Å². The maximum Gasteiger partial charge on any atom is 0.244 e. The zero-order valence-electron chi connectivity index (χ0n) is 16.0. The van der Waals surface area contributed by atoms with E-state index in [0.717, 1.165) is 21.2 Å². The van der Waals surface area contributed by atoms with Crippen LogP contribution in [0.4, 0.5) is 0 Å². The Bertz CT molecular complexity index is 976. The number of nitrogens with one attached hydrogen (secondary N) is 1. The number of methoxy groups -OCH3 is 1. The van der Waals surface area contributed by atoms with E-state index in [1.54, 1.807) is 25.6 Å². The van der Waals surface area contributed by atoms with Gasteiger partial charge in [-0.25, -0.2) is 0 Å². The first-order valence-electron chi connectivity index (χ1n) is 9.05. The molecule has 0 saturated heterocycles. The monoisotopic (exact) mass is 452 g/mol. The summed E-state index contributed by atoms with van der Waals surface area (Å²) in [7, 11) is 1.59. The van der Waals surface area contributed by atoms with Crippen molar-refractivity contribution < 1.29 is 14.3 Å². The van der Waals surface area contributed by atoms with Crippen LogP contribution in [0.2, 0.25) is 0 Å². The summed E-state index contributed by atoms with van der Waals surface area (Å²) < 4.78 is 12.2. The van der Waals surface area contributed by atoms with Gasteiger partial charge in [-0.1, -0.05) is 36.4 Å². The van der Waals surface area contributed by atoms with Crippen molar-refractivity contribution in [3.63, 3.8) is 0 Å². The molecular formula is C23H21BrN2O3. The van der Waals surface area contributed by atoms with Crippen LogP contribution in [0, 0.1) is 0 Å². The van der Waals surface area contributed by atoms with Gasteiger partial charge in [-0.2, -0.15) is 0 Å². The maximum absolute atomic E-state index is 12.1. The summed E-state index contributed by atoms with van der Waals surface area (Å²) in [6.45, 7) is 0.859. The fourth-order valence-electron chi connectivity index (χ4n) is 2.63. The molecule has 3 aromatic rings. The third-order valence-corrected chi connectivity index (χ3v) is 4.68. The van der Waals surface area contributed by atoms with E-state index in [2.05, 4.69) is 26.2 Å². The van der Waals surface area contributed by atoms with Crippen molar-refractivity contribution in [2.45, 2.75) is 13.2 Å². The number of carbonyl (C=O) groups excluding carboxylic acids is 1. The molecule has 0 radical (unpaired) electrons. The second kappa shape index (κ2) is 10.4. The second-order valence-electron chi connectivity index (χ2n) is 6.22. The van der Waals surface area contributed by atoms with E-state index in [1.807, 2.05) is 54.6 Å². The van der Waals surface area contributed by atoms with E-state index in [-0.39, 0.29) is 5.91 Å². The van der Waals surface area contributed by atoms with Crippen molar-refractivity contribution in [2.75, 3.05) is 7.11 Å². The van der Waals surface area contributed by atoms with Gasteiger partial charge in [-0.15, -0.1) is 0 Å². The van der Waals surface area contributed by atoms with Crippen LogP contribution in [-0.2, 0) is 17.9 Å². The first-order chi connectivity index (χ1) is 14.2. The molecule has 1 aromatic heterocycles. The van der Waals surface area contributed by atoms with Gasteiger partial charge in [0.05, 0.1) is 11.6 Å². The largest absolute Gasteiger partial charge is 0.493 e. The molecule has 0 bridgehead atoms. The Morgan fingerprint density at radius 2 is 1.93 bits per heavy atom. The molecule has 0 fully saturated rings. The van der Waals surface area contributed by atoms with Crippen LogP contribution in [-0.4, -0.2) is 18.0 Å². The molecular weight excluding hydrogens is 432 g/mol. The lowest BCUT2D eigenvalue weighted by atomic mass is 10.2. The maximum atomic E-state index is 12.1. The zero-order chi connectivity index (χ0) is 20.5. The quantitative estimate of drug-likeness (QED) is 0.500. The van der Waals surface area contributed by atoms with Crippen LogP contribution in [0.1, 0.15) is 16.7 Å². The summed E-state index contributed by atoms with van der Waals surface area (Å²) in [4.78, 5) is 16.1. The van der Waals surface area contributed by atoms with E-state index in [0.29, 0.717) is 24.7 Å². The van der Waals surface area contributed by atoms with Crippen molar-refractivity contribution in [3.8, 4) is 11.5 Å². The van der Waals surface area contributed by atoms with E-state index in [9.17, 15) is 4.79 Å². The van der Waals surface area contributed by atoms with Crippen molar-refractivity contribution >= 4 is 27.9 Å². The number of aromatic nitrogens is 1. The van der Waals surface area contributed by atoms with Gasteiger partial charge in [-0.05, 0) is 56.9 Å². The van der Waals surface area contributed by atoms with Crippen LogP contribution < -0.4 is 14.8 Å². The Hall–Kier alpha value is -3.12. The van der Waals surface area contributed by atoms with Crippen LogP contribution in [0.15, 0.2) is 77.5 Å². The second-order valence-corrected chi connectivity index (χ2v) is 7.08. The zero-order valence-corrected chi connectivity index (χ0v) is 17.6. The number of halogens is 1. The Morgan fingerprint density at radius 3 is 2.66 bits per heavy atom. The van der Waals surface area contributed by atoms with Crippen molar-refractivity contribution in [1.82, 2.24) is 10.3 Å². The molecule has 3 rings (SSSR count). The first-order valence-corrected chi connectivity index (χ1v) is 9.84. The minimum Gasteiger partial charge on any atom is -0.493 e. The summed E-state index contributed by atoms with van der Waals surface area (Å²) in [6.07, 6.45) is 6.64. The van der Waals surface area contributed by atoms with Crippen molar-refractivity contribution in [3.05, 3.63) is 94.2 Å². The van der Waals surface area contributed by atoms with Gasteiger partial charge in [0.15, 0.2) is 11.5 Å². The van der Waals surface area contributed by atoms with Crippen molar-refractivity contribution in [2.24, 2.45) is 0 Å². The molecule has 0 aliphatic heterocycles. The van der Waals surface area contributed by atoms with Gasteiger partial charge in [-0.3, -0.25) is 9.78 Å². The number of amides is 1. The molecule has 6 heteroatoms. The normalized spacial score (nSPS) is 10.7. The van der Waals surface area contributed by atoms with Gasteiger partial charge in [0, 0.05) is 25.0 Å². The number of hydrogen-bond donors (Lipinski definition) is 1. The minimum absolute atomic E-state index is 0.187. The van der Waals surface area contributed by atoms with Crippen molar-refractivity contribution in [1.29, 1.82) is 0 Å². The summed E-state index contributed by atoms with van der Waals surface area (Å²) in [5.41, 5.74) is 2.83. The van der Waals surface area contributed by atoms with Crippen LogP contribution in [0.3, 0.4) is 0 Å². The Morgan fingerprint density at radius 1 is 1.14 bits per heavy atom. The number of hydrogen-bond acceptors (Lipinski definition) is 4. The van der Waals surface area contributed by atoms with Crippen LogP contribution >= 0.6 is 15.9 Å². The standard InChI is InChI=1S/C23H21BrN2O3/c1-28-21-13-18(9-10-22(27)26-15-19-8-5-11-25-14-19)12-20(24)23(21)29-16-17-6-3-2-4-7-17/h2-14H,15-16H2,1H3,(H,26,27)/b10-9+. The Balaban J connectivity index is 1.64. The third-order valence-electron chi connectivity index (χ3n) is 4.09. The van der Waals surface area contributed by atoms with Gasteiger partial charge < -0.3 is 14.8 Å². The highest BCUT2D eigenvalue weighted by Crippen LogP contribution is 2.37. The fourth-order valence-corrected chi connectivity index (χ4v) is 3.20. The summed E-state index contributed by atoms with van der Waals surface area (Å²) in [5.74, 6) is 1.02. The highest BCUT2D eigenvalue weighted by atomic mass is 79.9. The lowest BCUT2D eigenvalue weighted by molar-refractivity contribution is -0.116. The lowest BCUT2D eigenvalue weighted by Gasteiger charge is -2.13. The lowest BCUT2D eigenvalue weighted by Crippen LogP contribution is -2.20. The predicted octanol–water partition coefficient (Wildman–Crippen LogP) is 4.76. The average molecular weight is 453 g/mol. The SMILES string of the molecule is COc1cc(/C=C/C(=O)NCc2cccnc2)cc(Br)c1OCc1ccccc1. The van der Waals surface area contributed by atoms with Gasteiger partial charge in [0.1, 0.15) is 6.61 Å². The molecule has 0 saturated carbocycles. The third kappa shape index (κ3) is 6.19. The molecule has 1 heterocycles. The van der Waals surface area contributed by atoms with Gasteiger partial charge in [0.2, 0.25) is 5.91 Å². The molecule has 0 aliphatic carbocycles. The molecule has 2 aromatic carbocycles. The summed E-state index contributed by atoms with van der Waals surface area (Å²) >= 11 is 3.53. The molecule has 0 unspecified atom stereocenters. The molecule has 1 N–H and O–H groups in total. The number of ether oxygens (including phenoxy) is 2. The average Bonchev–Trinajstić information content (AvgIpc) is 2.76. The molecule has 148 valence electrons. The summed E-state index contributed by atoms with van der Waals surface area (Å²) in [5, 5.41) is 2.83. The number of carbonyl (C=O) groups is 1. The minimum atomic E-state index is -0.187. The van der Waals surface area contributed by atoms with E-state index >= 15 is 0 Å². The topological polar surface area (TPSA) is 60.5 Å². The number of nitrogens with zero attached hydrogens (tertiary/aromatic N) is 1. The molecule has 1 amide bonds. The molecule has 0 spiro atoms. The number of rotatable bonds is 8. The molecule has 5 nitrogen and oxygen atoms in total. The highest BCUT2D eigenvalue weighted by molar-refractivity contribution is 9.10. The number of pyridine rings is 1. The number of benzene rings is 2. The summed E-state index contributed by atoms with van der Waals surface area (Å²) in [6, 6.07) is 17.4. The molecule has 0 atom stereocenters. The van der Waals surface area contributed by atoms with E-state index in [4.69, 9.17) is 9.47 Å². The smallest absolute Gasteiger partial charge is 0.244 e. The van der Waals surface area contributed by atoms with Crippen LogP contribution in [0.25, 0.3) is 6.08 Å². The van der Waals surface area contributed by atoms with Crippen LogP contribution in [0.5, 0.6) is 11.5 Å². The molecule has 0 aliphatic rings. The van der Waals surface area contributed by atoms with Gasteiger partial charge >= 0.3 is 0 Å². The molecule has 29 heavy (non-hydrogen) atoms. The van der Waals surface area contributed by atoms with Gasteiger partial charge in [0.25, 0.3) is 0 Å². The Kier molecular flexibility index (Phi) is 7.41.